The van der Waals surface area contributed by atoms with Crippen LogP contribution in [0.4, 0.5) is 10.5 Å². The van der Waals surface area contributed by atoms with Crippen LogP contribution in [-0.2, 0) is 16.2 Å². The summed E-state index contributed by atoms with van der Waals surface area (Å²) in [5, 5.41) is 11.3. The highest BCUT2D eigenvalue weighted by molar-refractivity contribution is 6.39. The van der Waals surface area contributed by atoms with Gasteiger partial charge in [-0.1, -0.05) is 24.3 Å². The first-order valence-corrected chi connectivity index (χ1v) is 10.5. The number of carbonyl (C=O) groups excluding carboxylic acids is 3. The van der Waals surface area contributed by atoms with Gasteiger partial charge in [0.05, 0.1) is 18.4 Å². The Labute approximate surface area is 200 Å². The Morgan fingerprint density at radius 3 is 2.31 bits per heavy atom. The summed E-state index contributed by atoms with van der Waals surface area (Å²) in [6.45, 7) is 0.168. The molecule has 4 rings (SSSR count). The maximum Gasteiger partial charge on any atom is 0.335 e. The lowest BCUT2D eigenvalue weighted by molar-refractivity contribution is -0.122. The van der Waals surface area contributed by atoms with Crippen molar-refractivity contribution < 1.29 is 33.8 Å². The van der Waals surface area contributed by atoms with Crippen LogP contribution in [-0.4, -0.2) is 36.0 Å². The minimum absolute atomic E-state index is 0.168. The molecule has 1 aliphatic heterocycles. The molecule has 3 aromatic carbocycles. The Bertz CT molecular complexity index is 1330. The lowest BCUT2D eigenvalue weighted by Crippen LogP contribution is -2.54. The van der Waals surface area contributed by atoms with Crippen molar-refractivity contribution in [2.45, 2.75) is 6.61 Å². The zero-order valence-electron chi connectivity index (χ0n) is 18.6. The van der Waals surface area contributed by atoms with Crippen molar-refractivity contribution in [3.63, 3.8) is 0 Å². The minimum atomic E-state index is -1.02. The molecule has 0 atom stereocenters. The molecule has 1 fully saturated rings. The van der Waals surface area contributed by atoms with Gasteiger partial charge in [0.25, 0.3) is 11.8 Å². The number of carboxylic acids is 1. The summed E-state index contributed by atoms with van der Waals surface area (Å²) in [7, 11) is 1.50. The quantitative estimate of drug-likeness (QED) is 0.398. The molecule has 0 saturated carbocycles. The van der Waals surface area contributed by atoms with Gasteiger partial charge in [0, 0.05) is 0 Å². The van der Waals surface area contributed by atoms with Crippen LogP contribution < -0.4 is 19.7 Å². The van der Waals surface area contributed by atoms with E-state index >= 15 is 0 Å². The highest BCUT2D eigenvalue weighted by Gasteiger charge is 2.36. The smallest absolute Gasteiger partial charge is 0.335 e. The summed E-state index contributed by atoms with van der Waals surface area (Å²) >= 11 is 0. The normalized spacial score (nSPS) is 14.6. The molecule has 1 heterocycles. The Morgan fingerprint density at radius 1 is 0.971 bits per heavy atom. The molecule has 9 heteroatoms. The largest absolute Gasteiger partial charge is 0.497 e. The molecule has 9 nitrogen and oxygen atoms in total. The maximum atomic E-state index is 13.0. The molecular weight excluding hydrogens is 452 g/mol. The fourth-order valence-electron chi connectivity index (χ4n) is 3.41. The fraction of sp³-hybridized carbons (Fsp3) is 0.0769. The van der Waals surface area contributed by atoms with Gasteiger partial charge in [-0.05, 0) is 65.7 Å². The van der Waals surface area contributed by atoms with Crippen LogP contribution in [0.3, 0.4) is 0 Å². The monoisotopic (exact) mass is 472 g/mol. The number of carbonyl (C=O) groups is 4. The van der Waals surface area contributed by atoms with Crippen LogP contribution in [0.15, 0.2) is 78.4 Å². The third-order valence-electron chi connectivity index (χ3n) is 5.20. The number of aromatic carboxylic acids is 1. The van der Waals surface area contributed by atoms with E-state index < -0.39 is 23.8 Å². The topological polar surface area (TPSA) is 122 Å². The molecule has 0 radical (unpaired) electrons. The summed E-state index contributed by atoms with van der Waals surface area (Å²) in [5.41, 5.74) is 1.52. The second kappa shape index (κ2) is 9.92. The van der Waals surface area contributed by atoms with Crippen molar-refractivity contribution in [1.82, 2.24) is 5.32 Å². The number of rotatable bonds is 7. The van der Waals surface area contributed by atoms with Crippen LogP contribution in [0.25, 0.3) is 6.08 Å². The van der Waals surface area contributed by atoms with E-state index in [1.165, 1.54) is 25.3 Å². The molecule has 1 aliphatic rings. The highest BCUT2D eigenvalue weighted by Crippen LogP contribution is 2.25. The molecule has 4 amide bonds. The average molecular weight is 472 g/mol. The first-order chi connectivity index (χ1) is 16.9. The SMILES string of the molecule is COc1ccc(N2C(=O)NC(=O)/C(=C\c3ccc(OCc4cccc(C(=O)O)c4)cc3)C2=O)cc1. The molecule has 0 aromatic heterocycles. The van der Waals surface area contributed by atoms with Gasteiger partial charge in [-0.25, -0.2) is 14.5 Å². The van der Waals surface area contributed by atoms with E-state index in [1.54, 1.807) is 60.7 Å². The van der Waals surface area contributed by atoms with Gasteiger partial charge < -0.3 is 14.6 Å². The molecule has 0 aliphatic carbocycles. The molecule has 3 aromatic rings. The zero-order valence-corrected chi connectivity index (χ0v) is 18.6. The lowest BCUT2D eigenvalue weighted by atomic mass is 10.1. The summed E-state index contributed by atoms with van der Waals surface area (Å²) in [6, 6.07) is 18.5. The number of imide groups is 2. The van der Waals surface area contributed by atoms with E-state index in [4.69, 9.17) is 14.6 Å². The first-order valence-electron chi connectivity index (χ1n) is 10.5. The second-order valence-corrected chi connectivity index (χ2v) is 7.52. The van der Waals surface area contributed by atoms with Gasteiger partial charge in [0.2, 0.25) is 0 Å². The number of carboxylic acid groups (broad SMARTS) is 1. The van der Waals surface area contributed by atoms with Gasteiger partial charge in [-0.2, -0.15) is 0 Å². The molecule has 0 bridgehead atoms. The Hall–Kier alpha value is -4.92. The van der Waals surface area contributed by atoms with Crippen LogP contribution in [0.5, 0.6) is 11.5 Å². The molecule has 0 spiro atoms. The number of barbiturate groups is 1. The van der Waals surface area contributed by atoms with Gasteiger partial charge in [0.1, 0.15) is 23.7 Å². The Balaban J connectivity index is 1.49. The Kier molecular flexibility index (Phi) is 6.59. The molecule has 176 valence electrons. The molecule has 35 heavy (non-hydrogen) atoms. The van der Waals surface area contributed by atoms with Gasteiger partial charge in [-0.15, -0.1) is 0 Å². The molecule has 2 N–H and O–H groups in total. The molecule has 1 saturated heterocycles. The van der Waals surface area contributed by atoms with E-state index in [-0.39, 0.29) is 17.7 Å². The number of nitrogens with zero attached hydrogens (tertiary/aromatic N) is 1. The van der Waals surface area contributed by atoms with Crippen molar-refractivity contribution in [1.29, 1.82) is 0 Å². The third-order valence-corrected chi connectivity index (χ3v) is 5.20. The fourth-order valence-corrected chi connectivity index (χ4v) is 3.41. The van der Waals surface area contributed by atoms with E-state index in [0.29, 0.717) is 28.3 Å². The second-order valence-electron chi connectivity index (χ2n) is 7.52. The van der Waals surface area contributed by atoms with Crippen LogP contribution in [0.1, 0.15) is 21.5 Å². The number of ether oxygens (including phenoxy) is 2. The van der Waals surface area contributed by atoms with E-state index in [9.17, 15) is 19.2 Å². The van der Waals surface area contributed by atoms with Crippen LogP contribution in [0.2, 0.25) is 0 Å². The lowest BCUT2D eigenvalue weighted by Gasteiger charge is -2.26. The molecular formula is C26H20N2O7. The standard InChI is InChI=1S/C26H20N2O7/c1-34-20-11-7-19(8-12-20)28-24(30)22(23(29)27-26(28)33)14-16-5-9-21(10-6-16)35-15-17-3-2-4-18(13-17)25(31)32/h2-14H,15H2,1H3,(H,31,32)(H,27,29,33)/b22-14+. The number of urea groups is 1. The van der Waals surface area contributed by atoms with E-state index in [2.05, 4.69) is 5.32 Å². The summed E-state index contributed by atoms with van der Waals surface area (Å²) in [4.78, 5) is 49.7. The predicted molar refractivity (Wildman–Crippen MR) is 126 cm³/mol. The van der Waals surface area contributed by atoms with Crippen molar-refractivity contribution in [2.24, 2.45) is 0 Å². The van der Waals surface area contributed by atoms with Crippen molar-refractivity contribution in [2.75, 3.05) is 12.0 Å². The summed E-state index contributed by atoms with van der Waals surface area (Å²) < 4.78 is 10.8. The van der Waals surface area contributed by atoms with Crippen molar-refractivity contribution in [3.8, 4) is 11.5 Å². The number of anilines is 1. The minimum Gasteiger partial charge on any atom is -0.497 e. The molecule has 0 unspecified atom stereocenters. The van der Waals surface area contributed by atoms with Crippen molar-refractivity contribution >= 4 is 35.6 Å². The Morgan fingerprint density at radius 2 is 1.66 bits per heavy atom. The number of hydrogen-bond acceptors (Lipinski definition) is 6. The number of nitrogens with one attached hydrogen (secondary N) is 1. The summed E-state index contributed by atoms with van der Waals surface area (Å²) in [5.74, 6) is -1.48. The van der Waals surface area contributed by atoms with Crippen LogP contribution >= 0.6 is 0 Å². The number of hydrogen-bond donors (Lipinski definition) is 2. The van der Waals surface area contributed by atoms with Crippen LogP contribution in [0, 0.1) is 0 Å². The first kappa shape index (κ1) is 23.2. The number of amides is 4. The number of benzene rings is 3. The zero-order chi connectivity index (χ0) is 24.9. The average Bonchev–Trinajstić information content (AvgIpc) is 2.86. The van der Waals surface area contributed by atoms with Gasteiger partial charge >= 0.3 is 12.0 Å². The summed E-state index contributed by atoms with van der Waals surface area (Å²) in [6.07, 6.45) is 1.39. The maximum absolute atomic E-state index is 13.0. The number of methoxy groups -OCH3 is 1. The predicted octanol–water partition coefficient (Wildman–Crippen LogP) is 3.64. The van der Waals surface area contributed by atoms with E-state index in [0.717, 1.165) is 4.90 Å². The van der Waals surface area contributed by atoms with Gasteiger partial charge in [0.15, 0.2) is 0 Å². The van der Waals surface area contributed by atoms with Crippen molar-refractivity contribution in [3.05, 3.63) is 95.1 Å². The third kappa shape index (κ3) is 5.19. The van der Waals surface area contributed by atoms with Gasteiger partial charge in [-0.3, -0.25) is 14.9 Å². The van der Waals surface area contributed by atoms with E-state index in [1.807, 2.05) is 0 Å². The highest BCUT2D eigenvalue weighted by atomic mass is 16.5.